The summed E-state index contributed by atoms with van der Waals surface area (Å²) in [5.41, 5.74) is 1.72. The van der Waals surface area contributed by atoms with Crippen LogP contribution >= 0.6 is 15.9 Å². The number of anilines is 1. The molecule has 1 aliphatic heterocycles. The number of carbonyl (C=O) groups is 3. The summed E-state index contributed by atoms with van der Waals surface area (Å²) >= 11 is 3.42. The monoisotopic (exact) mass is 449 g/mol. The van der Waals surface area contributed by atoms with Crippen LogP contribution in [0.1, 0.15) is 52.4 Å². The minimum absolute atomic E-state index is 0.247. The van der Waals surface area contributed by atoms with Gasteiger partial charge in [0.2, 0.25) is 0 Å². The third-order valence-corrected chi connectivity index (χ3v) is 5.59. The number of hydrogen-bond donors (Lipinski definition) is 0. The molecule has 28 heavy (non-hydrogen) atoms. The maximum atomic E-state index is 12.8. The summed E-state index contributed by atoms with van der Waals surface area (Å²) in [6.07, 6.45) is 3.67. The van der Waals surface area contributed by atoms with Crippen LogP contribution in [0.5, 0.6) is 5.75 Å². The molecule has 7 heteroatoms. The van der Waals surface area contributed by atoms with E-state index in [4.69, 9.17) is 9.47 Å². The molecule has 2 amide bonds. The van der Waals surface area contributed by atoms with Gasteiger partial charge in [-0.3, -0.25) is 9.59 Å². The van der Waals surface area contributed by atoms with Crippen molar-refractivity contribution in [1.29, 1.82) is 0 Å². The molecule has 1 heterocycles. The zero-order chi connectivity index (χ0) is 20.3. The second-order valence-corrected chi connectivity index (χ2v) is 7.73. The molecule has 0 bridgehead atoms. The number of rotatable bonds is 7. The van der Waals surface area contributed by atoms with Gasteiger partial charge in [0, 0.05) is 17.2 Å². The van der Waals surface area contributed by atoms with Crippen molar-refractivity contribution in [3.63, 3.8) is 0 Å². The Morgan fingerprint density at radius 2 is 1.79 bits per heavy atom. The predicted molar refractivity (Wildman–Crippen MR) is 108 cm³/mol. The molecule has 0 aromatic heterocycles. The molecule has 0 saturated heterocycles. The molecule has 6 nitrogen and oxygen atoms in total. The molecule has 150 valence electrons. The molecule has 1 aromatic carbocycles. The van der Waals surface area contributed by atoms with Gasteiger partial charge in [0.25, 0.3) is 11.8 Å². The van der Waals surface area contributed by atoms with E-state index in [2.05, 4.69) is 15.9 Å². The van der Waals surface area contributed by atoms with Crippen LogP contribution in [0.25, 0.3) is 0 Å². The van der Waals surface area contributed by atoms with E-state index in [9.17, 15) is 14.4 Å². The Balaban J connectivity index is 1.86. The lowest BCUT2D eigenvalue weighted by Gasteiger charge is -2.20. The van der Waals surface area contributed by atoms with Crippen molar-refractivity contribution in [1.82, 2.24) is 0 Å². The SMILES string of the molecule is CCCC(Oc1cc(N2C(=O)C3=C(CCCC3)C2=O)ccc1Br)C(=O)OCC. The fraction of sp³-hybridized carbons (Fsp3) is 0.476. The largest absolute Gasteiger partial charge is 0.477 e. The predicted octanol–water partition coefficient (Wildman–Crippen LogP) is 4.30. The second kappa shape index (κ2) is 8.90. The van der Waals surface area contributed by atoms with Crippen molar-refractivity contribution >= 4 is 39.4 Å². The molecule has 0 saturated carbocycles. The van der Waals surface area contributed by atoms with E-state index in [1.807, 2.05) is 6.92 Å². The Bertz CT molecular complexity index is 804. The molecule has 2 aliphatic rings. The van der Waals surface area contributed by atoms with Crippen molar-refractivity contribution < 1.29 is 23.9 Å². The highest BCUT2D eigenvalue weighted by Crippen LogP contribution is 2.38. The van der Waals surface area contributed by atoms with E-state index >= 15 is 0 Å². The molecule has 1 aromatic rings. The maximum absolute atomic E-state index is 12.8. The number of ether oxygens (including phenoxy) is 2. The first-order valence-electron chi connectivity index (χ1n) is 9.71. The van der Waals surface area contributed by atoms with Crippen molar-refractivity contribution in [2.45, 2.75) is 58.5 Å². The maximum Gasteiger partial charge on any atom is 0.347 e. The molecule has 1 atom stereocenters. The van der Waals surface area contributed by atoms with Crippen LogP contribution in [0.2, 0.25) is 0 Å². The van der Waals surface area contributed by atoms with Gasteiger partial charge in [-0.15, -0.1) is 0 Å². The normalized spacial score (nSPS) is 17.6. The van der Waals surface area contributed by atoms with Gasteiger partial charge in [-0.25, -0.2) is 9.69 Å². The number of amides is 2. The Hall–Kier alpha value is -2.15. The van der Waals surface area contributed by atoms with Crippen LogP contribution in [0.15, 0.2) is 33.8 Å². The summed E-state index contributed by atoms with van der Waals surface area (Å²) in [5.74, 6) is -0.520. The van der Waals surface area contributed by atoms with Crippen LogP contribution in [0.4, 0.5) is 5.69 Å². The average molecular weight is 450 g/mol. The number of esters is 1. The number of hydrogen-bond acceptors (Lipinski definition) is 5. The van der Waals surface area contributed by atoms with Gasteiger partial charge in [0.15, 0.2) is 6.10 Å². The Morgan fingerprint density at radius 3 is 2.36 bits per heavy atom. The lowest BCUT2D eigenvalue weighted by molar-refractivity contribution is -0.151. The standard InChI is InChI=1S/C21H24BrNO5/c1-3-7-17(21(26)27-4-2)28-18-12-13(10-11-16(18)22)23-19(24)14-8-5-6-9-15(14)20(23)25/h10-12,17H,3-9H2,1-2H3. The smallest absolute Gasteiger partial charge is 0.347 e. The summed E-state index contributed by atoms with van der Waals surface area (Å²) < 4.78 is 11.6. The van der Waals surface area contributed by atoms with E-state index < -0.39 is 12.1 Å². The first-order chi connectivity index (χ1) is 13.5. The van der Waals surface area contributed by atoms with Crippen LogP contribution in [-0.4, -0.2) is 30.5 Å². The van der Waals surface area contributed by atoms with Gasteiger partial charge in [0.05, 0.1) is 16.8 Å². The highest BCUT2D eigenvalue weighted by atomic mass is 79.9. The average Bonchev–Trinajstić information content (AvgIpc) is 2.94. The summed E-state index contributed by atoms with van der Waals surface area (Å²) in [6, 6.07) is 5.04. The number of imide groups is 1. The zero-order valence-corrected chi connectivity index (χ0v) is 17.7. The molecule has 1 aliphatic carbocycles. The summed E-state index contributed by atoms with van der Waals surface area (Å²) in [5, 5.41) is 0. The fourth-order valence-corrected chi connectivity index (χ4v) is 3.91. The van der Waals surface area contributed by atoms with Gasteiger partial charge in [-0.05, 0) is 67.1 Å². The molecule has 1 unspecified atom stereocenters. The molecule has 0 spiro atoms. The lowest BCUT2D eigenvalue weighted by Crippen LogP contribution is -2.32. The zero-order valence-electron chi connectivity index (χ0n) is 16.1. The molecule has 0 radical (unpaired) electrons. The van der Waals surface area contributed by atoms with Gasteiger partial charge >= 0.3 is 5.97 Å². The van der Waals surface area contributed by atoms with Crippen LogP contribution < -0.4 is 9.64 Å². The highest BCUT2D eigenvalue weighted by molar-refractivity contribution is 9.10. The van der Waals surface area contributed by atoms with Crippen LogP contribution in [-0.2, 0) is 19.1 Å². The highest BCUT2D eigenvalue weighted by Gasteiger charge is 2.40. The molecule has 0 N–H and O–H groups in total. The molecular weight excluding hydrogens is 426 g/mol. The summed E-state index contributed by atoms with van der Waals surface area (Å²) in [6.45, 7) is 3.98. The van der Waals surface area contributed by atoms with Crippen LogP contribution in [0, 0.1) is 0 Å². The van der Waals surface area contributed by atoms with Crippen molar-refractivity contribution in [2.75, 3.05) is 11.5 Å². The third kappa shape index (κ3) is 3.99. The Labute approximate surface area is 173 Å². The van der Waals surface area contributed by atoms with E-state index in [1.165, 1.54) is 4.90 Å². The number of halogens is 1. The molecule has 0 fully saturated rings. The van der Waals surface area contributed by atoms with E-state index in [1.54, 1.807) is 25.1 Å². The molecule has 3 rings (SSSR count). The van der Waals surface area contributed by atoms with E-state index in [0.717, 1.165) is 19.3 Å². The number of nitrogens with zero attached hydrogens (tertiary/aromatic N) is 1. The topological polar surface area (TPSA) is 72.9 Å². The van der Waals surface area contributed by atoms with Crippen LogP contribution in [0.3, 0.4) is 0 Å². The second-order valence-electron chi connectivity index (χ2n) is 6.87. The summed E-state index contributed by atoms with van der Waals surface area (Å²) in [7, 11) is 0. The van der Waals surface area contributed by atoms with Gasteiger partial charge in [-0.1, -0.05) is 13.3 Å². The Kier molecular flexibility index (Phi) is 6.54. The molecular formula is C21H24BrNO5. The Morgan fingerprint density at radius 1 is 1.14 bits per heavy atom. The fourth-order valence-electron chi connectivity index (χ4n) is 3.57. The van der Waals surface area contributed by atoms with Gasteiger partial charge in [0.1, 0.15) is 5.75 Å². The van der Waals surface area contributed by atoms with Crippen molar-refractivity contribution in [3.05, 3.63) is 33.8 Å². The van der Waals surface area contributed by atoms with Crippen molar-refractivity contribution in [3.8, 4) is 5.75 Å². The minimum Gasteiger partial charge on any atom is -0.477 e. The van der Waals surface area contributed by atoms with Gasteiger partial charge in [-0.2, -0.15) is 0 Å². The quantitative estimate of drug-likeness (QED) is 0.458. The first-order valence-corrected chi connectivity index (χ1v) is 10.5. The lowest BCUT2D eigenvalue weighted by atomic mass is 9.93. The summed E-state index contributed by atoms with van der Waals surface area (Å²) in [4.78, 5) is 39.0. The third-order valence-electron chi connectivity index (χ3n) is 4.93. The first kappa shape index (κ1) is 20.6. The minimum atomic E-state index is -0.743. The number of carbonyl (C=O) groups excluding carboxylic acids is 3. The van der Waals surface area contributed by atoms with E-state index in [0.29, 0.717) is 46.3 Å². The van der Waals surface area contributed by atoms with E-state index in [-0.39, 0.29) is 18.4 Å². The van der Waals surface area contributed by atoms with Gasteiger partial charge < -0.3 is 9.47 Å². The number of benzene rings is 1. The van der Waals surface area contributed by atoms with Crippen molar-refractivity contribution in [2.24, 2.45) is 0 Å².